The zero-order valence-corrected chi connectivity index (χ0v) is 33.3. The highest BCUT2D eigenvalue weighted by Gasteiger charge is 2.48. The van der Waals surface area contributed by atoms with Gasteiger partial charge in [-0.1, -0.05) is 93.4 Å². The summed E-state index contributed by atoms with van der Waals surface area (Å²) in [6.07, 6.45) is 16.6. The number of unbranched alkanes of at least 4 members (excludes halogenated alkanes) is 7. The minimum atomic E-state index is -3.71. The van der Waals surface area contributed by atoms with Gasteiger partial charge in [0, 0.05) is 37.9 Å². The van der Waals surface area contributed by atoms with Gasteiger partial charge in [-0.3, -0.25) is 13.7 Å². The molecule has 1 aliphatic carbocycles. The van der Waals surface area contributed by atoms with Gasteiger partial charge >= 0.3 is 15.2 Å². The van der Waals surface area contributed by atoms with Gasteiger partial charge in [-0.05, 0) is 51.4 Å². The van der Waals surface area contributed by atoms with Crippen LogP contribution in [0.5, 0.6) is 0 Å². The molecular formula is C31H73O11P3S. The summed E-state index contributed by atoms with van der Waals surface area (Å²) < 4.78 is 57.2. The Labute approximate surface area is 283 Å². The van der Waals surface area contributed by atoms with Crippen molar-refractivity contribution in [3.8, 4) is 0 Å². The van der Waals surface area contributed by atoms with Gasteiger partial charge in [0.25, 0.3) is 0 Å². The van der Waals surface area contributed by atoms with Crippen molar-refractivity contribution in [2.24, 2.45) is 5.92 Å². The Morgan fingerprint density at radius 2 is 1.22 bits per heavy atom. The maximum Gasteiger partial charge on any atom is 0.328 e. The van der Waals surface area contributed by atoms with Crippen molar-refractivity contribution in [2.45, 2.75) is 151 Å². The molecule has 0 amide bonds. The number of carbonyl (C=O) groups is 1. The van der Waals surface area contributed by atoms with E-state index < -0.39 is 32.4 Å². The van der Waals surface area contributed by atoms with E-state index in [2.05, 4.69) is 25.3 Å². The second kappa shape index (κ2) is 32.3. The summed E-state index contributed by atoms with van der Waals surface area (Å²) in [6.45, 7) is 15.0. The zero-order valence-electron chi connectivity index (χ0n) is 29.8. The summed E-state index contributed by atoms with van der Waals surface area (Å²) in [6, 6.07) is 0. The van der Waals surface area contributed by atoms with E-state index in [1.54, 1.807) is 6.92 Å². The highest BCUT2D eigenvalue weighted by atomic mass is 32.2. The number of sulfone groups is 1. The van der Waals surface area contributed by atoms with Crippen LogP contribution in [0.3, 0.4) is 0 Å². The van der Waals surface area contributed by atoms with Gasteiger partial charge in [-0.15, -0.1) is 0 Å². The maximum absolute atomic E-state index is 10.6. The molecule has 4 N–H and O–H groups in total. The van der Waals surface area contributed by atoms with Gasteiger partial charge in [-0.25, -0.2) is 8.42 Å². The first-order valence-corrected chi connectivity index (χ1v) is 24.5. The number of hydrogen-bond acceptors (Lipinski definition) is 7. The summed E-state index contributed by atoms with van der Waals surface area (Å²) in [5.74, 6) is 0.977. The molecule has 1 saturated carbocycles. The van der Waals surface area contributed by atoms with E-state index >= 15 is 0 Å². The van der Waals surface area contributed by atoms with Gasteiger partial charge < -0.3 is 28.9 Å². The van der Waals surface area contributed by atoms with Gasteiger partial charge in [0.1, 0.15) is 15.6 Å². The molecule has 0 aromatic rings. The third kappa shape index (κ3) is 56.4. The lowest BCUT2D eigenvalue weighted by molar-refractivity contribution is -0.117. The molecule has 0 saturated heterocycles. The van der Waals surface area contributed by atoms with E-state index in [0.29, 0.717) is 30.2 Å². The summed E-state index contributed by atoms with van der Waals surface area (Å²) in [4.78, 5) is 45.0. The summed E-state index contributed by atoms with van der Waals surface area (Å²) >= 11 is 0. The van der Waals surface area contributed by atoms with E-state index in [-0.39, 0.29) is 13.1 Å². The summed E-state index contributed by atoms with van der Waals surface area (Å²) in [5.41, 5.74) is -0.299. The largest absolute Gasteiger partial charge is 0.344 e. The third-order valence-corrected chi connectivity index (χ3v) is 10.6. The van der Waals surface area contributed by atoms with E-state index in [4.69, 9.17) is 19.6 Å². The molecule has 46 heavy (non-hydrogen) atoms. The molecule has 4 atom stereocenters. The van der Waals surface area contributed by atoms with Gasteiger partial charge in [0.2, 0.25) is 0 Å². The summed E-state index contributed by atoms with van der Waals surface area (Å²) in [5, 5.41) is 0. The Morgan fingerprint density at radius 1 is 0.761 bits per heavy atom. The number of hydrogen-bond donors (Lipinski definition) is 4. The Hall–Kier alpha value is 0.110. The van der Waals surface area contributed by atoms with Crippen molar-refractivity contribution in [2.75, 3.05) is 38.1 Å². The average Bonchev–Trinajstić information content (AvgIpc) is 3.65. The fourth-order valence-electron chi connectivity index (χ4n) is 3.60. The topological polar surface area (TPSA) is 193 Å². The molecular weight excluding hydrogens is 673 g/mol. The molecule has 0 aromatic heterocycles. The van der Waals surface area contributed by atoms with Crippen LogP contribution in [0.1, 0.15) is 145 Å². The normalized spacial score (nSPS) is 17.7. The standard InChI is InChI=1S/C7H14O.C6H13O3P.C6H15O2P.C6H14O2S.C5H13O3P.CH4/c1-3-4-5-6-7(2)8;1-2-3-5-4-6(5)10(7,8)9;2*1-3-4-5-6-9(2,7)8;1-3-4-5-8-9(2,6)7;/h3-6H2,1-2H3;5-6H,2-4H2,1H3,(H2,7,8,9);3-6H2,1-2H3,(H,7,8);3-6H2,1-2H3;3-5H2,1-2H3,(H,6,7);1H4. The molecule has 1 rings (SSSR count). The van der Waals surface area contributed by atoms with Gasteiger partial charge in [0.15, 0.2) is 7.37 Å². The predicted molar refractivity (Wildman–Crippen MR) is 196 cm³/mol. The van der Waals surface area contributed by atoms with Crippen molar-refractivity contribution in [3.63, 3.8) is 0 Å². The van der Waals surface area contributed by atoms with Crippen molar-refractivity contribution in [3.05, 3.63) is 0 Å². The second-order valence-electron chi connectivity index (χ2n) is 11.9. The quantitative estimate of drug-likeness (QED) is 0.0728. The minimum Gasteiger partial charge on any atom is -0.344 e. The fourth-order valence-corrected chi connectivity index (χ4v) is 6.85. The number of Topliss-reactive ketones (excluding diaryl/α,β-unsaturated/α-hetero) is 1. The van der Waals surface area contributed by atoms with Gasteiger partial charge in [-0.2, -0.15) is 0 Å². The molecule has 0 heterocycles. The van der Waals surface area contributed by atoms with Crippen molar-refractivity contribution in [1.29, 1.82) is 0 Å². The Kier molecular flexibility index (Phi) is 39.0. The molecule has 0 aromatic carbocycles. The lowest BCUT2D eigenvalue weighted by Gasteiger charge is -2.04. The van der Waals surface area contributed by atoms with Gasteiger partial charge in [0.05, 0.1) is 12.3 Å². The number of carbonyl (C=O) groups excluding carboxylic acids is 1. The molecule has 0 radical (unpaired) electrons. The first kappa shape index (κ1) is 55.5. The van der Waals surface area contributed by atoms with Crippen molar-refractivity contribution >= 4 is 38.2 Å². The van der Waals surface area contributed by atoms with E-state index in [1.165, 1.54) is 32.4 Å². The molecule has 11 nitrogen and oxygen atoms in total. The fraction of sp³-hybridized carbons (Fsp3) is 0.968. The predicted octanol–water partition coefficient (Wildman–Crippen LogP) is 9.06. The smallest absolute Gasteiger partial charge is 0.328 e. The third-order valence-electron chi connectivity index (χ3n) is 6.23. The molecule has 15 heteroatoms. The van der Waals surface area contributed by atoms with Crippen LogP contribution in [-0.2, 0) is 32.9 Å². The number of ketones is 1. The Balaban J connectivity index is -0.000000152. The highest BCUT2D eigenvalue weighted by Crippen LogP contribution is 2.59. The maximum atomic E-state index is 10.6. The molecule has 284 valence electrons. The monoisotopic (exact) mass is 746 g/mol. The minimum absolute atomic E-state index is 0. The highest BCUT2D eigenvalue weighted by molar-refractivity contribution is 7.90. The van der Waals surface area contributed by atoms with Crippen LogP contribution >= 0.6 is 22.6 Å². The number of rotatable bonds is 19. The van der Waals surface area contributed by atoms with Crippen LogP contribution in [-0.4, -0.2) is 77.5 Å². The lowest BCUT2D eigenvalue weighted by Crippen LogP contribution is -2.01. The van der Waals surface area contributed by atoms with E-state index in [9.17, 15) is 26.9 Å². The Morgan fingerprint density at radius 3 is 1.54 bits per heavy atom. The second-order valence-corrected chi connectivity index (χ2v) is 20.4. The SMILES string of the molecule is C.CCCC1CC1P(=O)(O)O.CCCCCC(C)=O.CCCCCP(C)(=O)O.CCCCCS(C)(=O)=O.CCCCOP(C)(=O)O. The molecule has 0 spiro atoms. The summed E-state index contributed by atoms with van der Waals surface area (Å²) in [7, 11) is -12.3. The lowest BCUT2D eigenvalue weighted by atomic mass is 10.2. The van der Waals surface area contributed by atoms with Crippen LogP contribution in [0.15, 0.2) is 0 Å². The molecule has 1 aliphatic rings. The first-order valence-electron chi connectivity index (χ1n) is 16.5. The average molecular weight is 747 g/mol. The van der Waals surface area contributed by atoms with Crippen LogP contribution in [0.2, 0.25) is 0 Å². The first-order chi connectivity index (χ1) is 20.5. The molecule has 1 fully saturated rings. The van der Waals surface area contributed by atoms with Crippen LogP contribution in [0.4, 0.5) is 0 Å². The zero-order chi connectivity index (χ0) is 36.2. The van der Waals surface area contributed by atoms with Crippen LogP contribution in [0, 0.1) is 5.92 Å². The molecule has 0 aliphatic heterocycles. The van der Waals surface area contributed by atoms with Crippen molar-refractivity contribution < 1.29 is 51.0 Å². The Bertz CT molecular complexity index is 913. The van der Waals surface area contributed by atoms with E-state index in [1.807, 2.05) is 13.8 Å². The van der Waals surface area contributed by atoms with Crippen LogP contribution < -0.4 is 0 Å². The van der Waals surface area contributed by atoms with Crippen LogP contribution in [0.25, 0.3) is 0 Å². The molecule has 4 unspecified atom stereocenters. The molecule has 0 bridgehead atoms. The van der Waals surface area contributed by atoms with E-state index in [0.717, 1.165) is 83.5 Å². The van der Waals surface area contributed by atoms with Crippen molar-refractivity contribution in [1.82, 2.24) is 0 Å².